The van der Waals surface area contributed by atoms with Crippen LogP contribution in [0.2, 0.25) is 0 Å². The molecule has 0 saturated heterocycles. The maximum absolute atomic E-state index is 12.0. The number of aromatic carboxylic acids is 1. The number of aromatic amines is 1. The average molecular weight is 277 g/mol. The molecule has 20 heavy (non-hydrogen) atoms. The van der Waals surface area contributed by atoms with Crippen LogP contribution in [0, 0.1) is 0 Å². The fraction of sp³-hybridized carbons (Fsp3) is 0.429. The lowest BCUT2D eigenvalue weighted by Gasteiger charge is -2.17. The number of carboxylic acid groups (broad SMARTS) is 1. The van der Waals surface area contributed by atoms with Crippen LogP contribution in [0.4, 0.5) is 0 Å². The molecule has 1 aromatic heterocycles. The second kappa shape index (κ2) is 5.92. The average Bonchev–Trinajstić information content (AvgIpc) is 2.75. The van der Waals surface area contributed by atoms with Gasteiger partial charge in [-0.25, -0.2) is 9.59 Å². The molecule has 0 aliphatic heterocycles. The van der Waals surface area contributed by atoms with Crippen LogP contribution < -0.4 is 5.69 Å². The third-order valence-corrected chi connectivity index (χ3v) is 3.56. The van der Waals surface area contributed by atoms with E-state index in [4.69, 9.17) is 5.11 Å². The van der Waals surface area contributed by atoms with Gasteiger partial charge in [-0.3, -0.25) is 4.57 Å². The van der Waals surface area contributed by atoms with E-state index in [0.29, 0.717) is 17.6 Å². The number of benzene rings is 1. The van der Waals surface area contributed by atoms with E-state index in [1.807, 2.05) is 0 Å². The van der Waals surface area contributed by atoms with Crippen LogP contribution in [-0.4, -0.2) is 45.2 Å². The first-order valence-corrected chi connectivity index (χ1v) is 6.75. The van der Waals surface area contributed by atoms with E-state index in [1.54, 1.807) is 10.6 Å². The smallest absolute Gasteiger partial charge is 0.335 e. The van der Waals surface area contributed by atoms with Crippen LogP contribution in [0.5, 0.6) is 0 Å². The molecule has 108 valence electrons. The zero-order valence-electron chi connectivity index (χ0n) is 11.7. The molecule has 1 heterocycles. The number of aromatic nitrogens is 2. The van der Waals surface area contributed by atoms with Crippen molar-refractivity contribution in [1.29, 1.82) is 0 Å². The van der Waals surface area contributed by atoms with Gasteiger partial charge in [-0.1, -0.05) is 13.8 Å². The maximum Gasteiger partial charge on any atom is 0.335 e. The summed E-state index contributed by atoms with van der Waals surface area (Å²) in [6, 6.07) is 4.67. The van der Waals surface area contributed by atoms with Crippen LogP contribution in [0.25, 0.3) is 11.0 Å². The molecular formula is C14H19N3O3. The summed E-state index contributed by atoms with van der Waals surface area (Å²) in [7, 11) is 0. The third-order valence-electron chi connectivity index (χ3n) is 3.56. The Morgan fingerprint density at radius 3 is 2.65 bits per heavy atom. The largest absolute Gasteiger partial charge is 0.478 e. The minimum absolute atomic E-state index is 0.188. The fourth-order valence-electron chi connectivity index (χ4n) is 2.29. The van der Waals surface area contributed by atoms with Crippen molar-refractivity contribution in [2.75, 3.05) is 19.6 Å². The van der Waals surface area contributed by atoms with Crippen molar-refractivity contribution in [2.24, 2.45) is 0 Å². The van der Waals surface area contributed by atoms with E-state index in [0.717, 1.165) is 19.6 Å². The summed E-state index contributed by atoms with van der Waals surface area (Å²) in [5.74, 6) is -0.990. The Kier molecular flexibility index (Phi) is 4.24. The summed E-state index contributed by atoms with van der Waals surface area (Å²) >= 11 is 0. The van der Waals surface area contributed by atoms with E-state index < -0.39 is 5.97 Å². The van der Waals surface area contributed by atoms with Gasteiger partial charge in [0.05, 0.1) is 16.6 Å². The molecule has 0 atom stereocenters. The highest BCUT2D eigenvalue weighted by Gasteiger charge is 2.11. The van der Waals surface area contributed by atoms with Gasteiger partial charge in [-0.05, 0) is 31.3 Å². The van der Waals surface area contributed by atoms with E-state index in [-0.39, 0.29) is 11.3 Å². The fourth-order valence-corrected chi connectivity index (χ4v) is 2.29. The summed E-state index contributed by atoms with van der Waals surface area (Å²) in [6.07, 6.45) is 0. The summed E-state index contributed by atoms with van der Waals surface area (Å²) in [5, 5.41) is 9.03. The number of hydrogen-bond acceptors (Lipinski definition) is 3. The van der Waals surface area contributed by atoms with Gasteiger partial charge in [0.1, 0.15) is 0 Å². The maximum atomic E-state index is 12.0. The Hall–Kier alpha value is -2.08. The zero-order valence-corrected chi connectivity index (χ0v) is 11.7. The third kappa shape index (κ3) is 2.75. The van der Waals surface area contributed by atoms with Gasteiger partial charge >= 0.3 is 11.7 Å². The monoisotopic (exact) mass is 277 g/mol. The number of H-pyrrole nitrogens is 1. The van der Waals surface area contributed by atoms with Crippen LogP contribution >= 0.6 is 0 Å². The highest BCUT2D eigenvalue weighted by molar-refractivity contribution is 5.92. The number of hydrogen-bond donors (Lipinski definition) is 2. The molecule has 0 unspecified atom stereocenters. The van der Waals surface area contributed by atoms with Crippen LogP contribution in [0.1, 0.15) is 24.2 Å². The highest BCUT2D eigenvalue weighted by Crippen LogP contribution is 2.13. The number of carboxylic acids is 1. The number of likely N-dealkylation sites (N-methyl/N-ethyl adjacent to an activating group) is 1. The summed E-state index contributed by atoms with van der Waals surface area (Å²) in [5.41, 5.74) is 1.30. The molecule has 1 aromatic carbocycles. The first-order chi connectivity index (χ1) is 9.56. The lowest BCUT2D eigenvalue weighted by Crippen LogP contribution is -2.30. The van der Waals surface area contributed by atoms with E-state index in [2.05, 4.69) is 23.7 Å². The molecule has 2 aromatic rings. The Morgan fingerprint density at radius 2 is 2.05 bits per heavy atom. The minimum Gasteiger partial charge on any atom is -0.478 e. The van der Waals surface area contributed by atoms with Gasteiger partial charge in [0.2, 0.25) is 0 Å². The number of nitrogens with zero attached hydrogens (tertiary/aromatic N) is 2. The zero-order chi connectivity index (χ0) is 14.7. The Bertz CT molecular complexity index is 668. The number of rotatable bonds is 6. The first kappa shape index (κ1) is 14.3. The number of carbonyl (C=O) groups is 1. The van der Waals surface area contributed by atoms with Crippen LogP contribution in [0.3, 0.4) is 0 Å². The second-order valence-corrected chi connectivity index (χ2v) is 4.65. The van der Waals surface area contributed by atoms with Gasteiger partial charge in [-0.15, -0.1) is 0 Å². The first-order valence-electron chi connectivity index (χ1n) is 6.75. The van der Waals surface area contributed by atoms with Crippen molar-refractivity contribution in [1.82, 2.24) is 14.5 Å². The molecule has 2 rings (SSSR count). The van der Waals surface area contributed by atoms with Crippen molar-refractivity contribution in [3.8, 4) is 0 Å². The summed E-state index contributed by atoms with van der Waals surface area (Å²) < 4.78 is 1.60. The molecule has 0 aliphatic carbocycles. The van der Waals surface area contributed by atoms with Gasteiger partial charge in [0.25, 0.3) is 0 Å². The highest BCUT2D eigenvalue weighted by atomic mass is 16.4. The molecule has 6 nitrogen and oxygen atoms in total. The van der Waals surface area contributed by atoms with E-state index in [1.165, 1.54) is 12.1 Å². The molecule has 0 spiro atoms. The lowest BCUT2D eigenvalue weighted by molar-refractivity contribution is 0.0697. The van der Waals surface area contributed by atoms with E-state index in [9.17, 15) is 9.59 Å². The molecule has 0 radical (unpaired) electrons. The van der Waals surface area contributed by atoms with Gasteiger partial charge in [0, 0.05) is 13.1 Å². The predicted molar refractivity (Wildman–Crippen MR) is 77.3 cm³/mol. The number of fused-ring (bicyclic) bond motifs is 1. The molecule has 6 heteroatoms. The van der Waals surface area contributed by atoms with Gasteiger partial charge in [0.15, 0.2) is 0 Å². The Balaban J connectivity index is 2.36. The Morgan fingerprint density at radius 1 is 1.35 bits per heavy atom. The topological polar surface area (TPSA) is 78.3 Å². The van der Waals surface area contributed by atoms with Crippen molar-refractivity contribution in [3.63, 3.8) is 0 Å². The molecule has 2 N–H and O–H groups in total. The SMILES string of the molecule is CCN(CC)CCn1c(=O)[nH]c2ccc(C(=O)O)cc21. The summed E-state index contributed by atoms with van der Waals surface area (Å²) in [6.45, 7) is 7.30. The van der Waals surface area contributed by atoms with Crippen molar-refractivity contribution in [3.05, 3.63) is 34.2 Å². The number of imidazole rings is 1. The van der Waals surface area contributed by atoms with Crippen LogP contribution in [0.15, 0.2) is 23.0 Å². The molecule has 0 fully saturated rings. The quantitative estimate of drug-likeness (QED) is 0.836. The predicted octanol–water partition coefficient (Wildman–Crippen LogP) is 1.37. The van der Waals surface area contributed by atoms with E-state index >= 15 is 0 Å². The molecular weight excluding hydrogens is 258 g/mol. The number of nitrogens with one attached hydrogen (secondary N) is 1. The minimum atomic E-state index is -0.990. The molecule has 0 aliphatic rings. The lowest BCUT2D eigenvalue weighted by atomic mass is 10.2. The standard InChI is InChI=1S/C14H19N3O3/c1-3-16(4-2)7-8-17-12-9-10(13(18)19)5-6-11(12)15-14(17)20/h5-6,9H,3-4,7-8H2,1-2H3,(H,15,20)(H,18,19). The summed E-state index contributed by atoms with van der Waals surface area (Å²) in [4.78, 5) is 27.9. The molecule has 0 saturated carbocycles. The van der Waals surface area contributed by atoms with Crippen LogP contribution in [-0.2, 0) is 6.54 Å². The van der Waals surface area contributed by atoms with Gasteiger partial charge in [-0.2, -0.15) is 0 Å². The van der Waals surface area contributed by atoms with Crippen molar-refractivity contribution in [2.45, 2.75) is 20.4 Å². The second-order valence-electron chi connectivity index (χ2n) is 4.65. The Labute approximate surface area is 116 Å². The van der Waals surface area contributed by atoms with Crippen molar-refractivity contribution < 1.29 is 9.90 Å². The normalized spacial score (nSPS) is 11.3. The van der Waals surface area contributed by atoms with Gasteiger partial charge < -0.3 is 15.0 Å². The molecule has 0 amide bonds. The van der Waals surface area contributed by atoms with Crippen molar-refractivity contribution >= 4 is 17.0 Å². The molecule has 0 bridgehead atoms.